The number of hydrogen-bond acceptors (Lipinski definition) is 3. The summed E-state index contributed by atoms with van der Waals surface area (Å²) < 4.78 is 5.11. The molecule has 0 aliphatic carbocycles. The summed E-state index contributed by atoms with van der Waals surface area (Å²) in [6.07, 6.45) is 0. The van der Waals surface area contributed by atoms with Gasteiger partial charge in [0.05, 0.1) is 12.8 Å². The van der Waals surface area contributed by atoms with Gasteiger partial charge in [-0.05, 0) is 19.4 Å². The van der Waals surface area contributed by atoms with Crippen LogP contribution < -0.4 is 4.74 Å². The third-order valence-corrected chi connectivity index (χ3v) is 2.71. The molecular formula is C11H16N2O. The number of fused-ring (bicyclic) bond motifs is 1. The van der Waals surface area contributed by atoms with Crippen molar-refractivity contribution >= 4 is 0 Å². The van der Waals surface area contributed by atoms with E-state index >= 15 is 0 Å². The van der Waals surface area contributed by atoms with Crippen LogP contribution in [-0.4, -0.2) is 23.0 Å². The Hall–Kier alpha value is -1.09. The Morgan fingerprint density at radius 1 is 1.36 bits per heavy atom. The fourth-order valence-electron chi connectivity index (χ4n) is 1.74. The zero-order valence-electron chi connectivity index (χ0n) is 8.95. The number of rotatable bonds is 2. The molecule has 0 amide bonds. The Bertz CT molecular complexity index is 336. The molecule has 3 heteroatoms. The van der Waals surface area contributed by atoms with Crippen molar-refractivity contribution in [3.05, 3.63) is 23.4 Å². The van der Waals surface area contributed by atoms with Crippen LogP contribution in [0.3, 0.4) is 0 Å². The third-order valence-electron chi connectivity index (χ3n) is 2.71. The quantitative estimate of drug-likeness (QED) is 0.714. The minimum atomic E-state index is 0.579. The summed E-state index contributed by atoms with van der Waals surface area (Å²) in [5, 5.41) is 0. The second kappa shape index (κ2) is 3.58. The van der Waals surface area contributed by atoms with E-state index < -0.39 is 0 Å². The van der Waals surface area contributed by atoms with Gasteiger partial charge in [0, 0.05) is 25.2 Å². The topological polar surface area (TPSA) is 25.4 Å². The van der Waals surface area contributed by atoms with E-state index in [1.807, 2.05) is 6.07 Å². The van der Waals surface area contributed by atoms with Crippen molar-refractivity contribution < 1.29 is 4.74 Å². The maximum absolute atomic E-state index is 5.11. The highest BCUT2D eigenvalue weighted by molar-refractivity contribution is 5.28. The van der Waals surface area contributed by atoms with Crippen molar-refractivity contribution in [3.8, 4) is 5.88 Å². The molecule has 0 fully saturated rings. The fraction of sp³-hybridized carbons (Fsp3) is 0.545. The molecule has 0 radical (unpaired) electrons. The summed E-state index contributed by atoms with van der Waals surface area (Å²) in [6, 6.07) is 4.63. The normalized spacial score (nSPS) is 16.0. The highest BCUT2D eigenvalue weighted by atomic mass is 16.5. The Morgan fingerprint density at radius 2 is 2.14 bits per heavy atom. The molecule has 0 unspecified atom stereocenters. The summed E-state index contributed by atoms with van der Waals surface area (Å²) in [4.78, 5) is 6.84. The first-order valence-electron chi connectivity index (χ1n) is 4.97. The van der Waals surface area contributed by atoms with E-state index in [-0.39, 0.29) is 0 Å². The molecule has 3 nitrogen and oxygen atoms in total. The van der Waals surface area contributed by atoms with Gasteiger partial charge in [0.15, 0.2) is 0 Å². The molecule has 2 heterocycles. The van der Waals surface area contributed by atoms with Crippen molar-refractivity contribution in [1.29, 1.82) is 0 Å². The van der Waals surface area contributed by atoms with E-state index in [0.717, 1.165) is 18.8 Å². The number of nitrogens with zero attached hydrogens (tertiary/aromatic N) is 2. The zero-order chi connectivity index (χ0) is 10.1. The second-order valence-electron chi connectivity index (χ2n) is 3.96. The molecule has 0 bridgehead atoms. The molecule has 76 valence electrons. The lowest BCUT2D eigenvalue weighted by molar-refractivity contribution is 0.226. The van der Waals surface area contributed by atoms with Crippen LogP contribution in [0.25, 0.3) is 0 Å². The predicted molar refractivity (Wildman–Crippen MR) is 55.2 cm³/mol. The maximum Gasteiger partial charge on any atom is 0.213 e. The number of pyridine rings is 1. The van der Waals surface area contributed by atoms with Crippen molar-refractivity contribution in [2.45, 2.75) is 33.0 Å². The molecule has 0 saturated carbocycles. The molecule has 1 aromatic rings. The molecule has 0 N–H and O–H groups in total. The van der Waals surface area contributed by atoms with Crippen LogP contribution in [0, 0.1) is 0 Å². The molecule has 1 aliphatic rings. The van der Waals surface area contributed by atoms with Crippen molar-refractivity contribution in [1.82, 2.24) is 9.88 Å². The molecule has 0 atom stereocenters. The monoisotopic (exact) mass is 192 g/mol. The highest BCUT2D eigenvalue weighted by Gasteiger charge is 2.22. The van der Waals surface area contributed by atoms with Gasteiger partial charge >= 0.3 is 0 Å². The number of hydrogen-bond donors (Lipinski definition) is 0. The minimum absolute atomic E-state index is 0.579. The van der Waals surface area contributed by atoms with Crippen LogP contribution in [-0.2, 0) is 13.1 Å². The van der Waals surface area contributed by atoms with Gasteiger partial charge < -0.3 is 4.74 Å². The van der Waals surface area contributed by atoms with E-state index in [9.17, 15) is 0 Å². The van der Waals surface area contributed by atoms with E-state index in [0.29, 0.717) is 11.9 Å². The van der Waals surface area contributed by atoms with Gasteiger partial charge in [-0.25, -0.2) is 4.98 Å². The predicted octanol–water partition coefficient (Wildman–Crippen LogP) is 1.81. The molecule has 1 aromatic heterocycles. The summed E-state index contributed by atoms with van der Waals surface area (Å²) in [5.41, 5.74) is 2.50. The third kappa shape index (κ3) is 1.60. The van der Waals surface area contributed by atoms with Gasteiger partial charge in [-0.1, -0.05) is 6.07 Å². The SMILES string of the molecule is COc1ccc2c(n1)CN(C(C)C)C2. The highest BCUT2D eigenvalue weighted by Crippen LogP contribution is 2.24. The van der Waals surface area contributed by atoms with Crippen LogP contribution in [0.2, 0.25) is 0 Å². The first kappa shape index (κ1) is 9.46. The molecule has 0 saturated heterocycles. The molecule has 14 heavy (non-hydrogen) atoms. The van der Waals surface area contributed by atoms with Crippen LogP contribution in [0.5, 0.6) is 5.88 Å². The average Bonchev–Trinajstić information content (AvgIpc) is 2.59. The molecular weight excluding hydrogens is 176 g/mol. The number of methoxy groups -OCH3 is 1. The van der Waals surface area contributed by atoms with Gasteiger partial charge in [0.1, 0.15) is 0 Å². The van der Waals surface area contributed by atoms with Gasteiger partial charge in [-0.2, -0.15) is 0 Å². The molecule has 2 rings (SSSR count). The van der Waals surface area contributed by atoms with E-state index in [2.05, 4.69) is 29.8 Å². The Morgan fingerprint density at radius 3 is 2.79 bits per heavy atom. The Labute approximate surface area is 84.7 Å². The van der Waals surface area contributed by atoms with E-state index in [1.165, 1.54) is 5.56 Å². The summed E-state index contributed by atoms with van der Waals surface area (Å²) in [7, 11) is 1.66. The smallest absolute Gasteiger partial charge is 0.213 e. The van der Waals surface area contributed by atoms with Gasteiger partial charge in [0.2, 0.25) is 5.88 Å². The molecule has 0 aromatic carbocycles. The lowest BCUT2D eigenvalue weighted by atomic mass is 10.2. The fourth-order valence-corrected chi connectivity index (χ4v) is 1.74. The molecule has 1 aliphatic heterocycles. The Kier molecular flexibility index (Phi) is 2.42. The second-order valence-corrected chi connectivity index (χ2v) is 3.96. The summed E-state index contributed by atoms with van der Waals surface area (Å²) in [6.45, 7) is 6.39. The van der Waals surface area contributed by atoms with E-state index in [4.69, 9.17) is 4.74 Å². The van der Waals surface area contributed by atoms with Gasteiger partial charge in [0.25, 0.3) is 0 Å². The lowest BCUT2D eigenvalue weighted by Crippen LogP contribution is -2.24. The van der Waals surface area contributed by atoms with Crippen LogP contribution in [0.1, 0.15) is 25.1 Å². The van der Waals surface area contributed by atoms with Crippen molar-refractivity contribution in [3.63, 3.8) is 0 Å². The van der Waals surface area contributed by atoms with Crippen LogP contribution in [0.15, 0.2) is 12.1 Å². The number of ether oxygens (including phenoxy) is 1. The van der Waals surface area contributed by atoms with Crippen molar-refractivity contribution in [2.75, 3.05) is 7.11 Å². The average molecular weight is 192 g/mol. The number of aromatic nitrogens is 1. The maximum atomic E-state index is 5.11. The lowest BCUT2D eigenvalue weighted by Gasteiger charge is -2.18. The first-order chi connectivity index (χ1) is 6.70. The zero-order valence-corrected chi connectivity index (χ0v) is 8.95. The van der Waals surface area contributed by atoms with Crippen molar-refractivity contribution in [2.24, 2.45) is 0 Å². The van der Waals surface area contributed by atoms with Crippen LogP contribution in [0.4, 0.5) is 0 Å². The summed E-state index contributed by atoms with van der Waals surface area (Å²) >= 11 is 0. The Balaban J connectivity index is 2.22. The largest absolute Gasteiger partial charge is 0.481 e. The van der Waals surface area contributed by atoms with Gasteiger partial charge in [-0.15, -0.1) is 0 Å². The van der Waals surface area contributed by atoms with Gasteiger partial charge in [-0.3, -0.25) is 4.90 Å². The first-order valence-corrected chi connectivity index (χ1v) is 4.97. The molecule has 0 spiro atoms. The van der Waals surface area contributed by atoms with E-state index in [1.54, 1.807) is 7.11 Å². The summed E-state index contributed by atoms with van der Waals surface area (Å²) in [5.74, 6) is 0.717. The standard InChI is InChI=1S/C11H16N2O/c1-8(2)13-6-9-4-5-11(14-3)12-10(9)7-13/h4-5,8H,6-7H2,1-3H3. The minimum Gasteiger partial charge on any atom is -0.481 e. The van der Waals surface area contributed by atoms with Crippen LogP contribution >= 0.6 is 0 Å².